The van der Waals surface area contributed by atoms with E-state index in [0.29, 0.717) is 6.10 Å². The van der Waals surface area contributed by atoms with Crippen molar-refractivity contribution in [2.75, 3.05) is 24.6 Å². The number of hydrogen-bond acceptors (Lipinski definition) is 5. The molecular formula is C17H23N3OS. The highest BCUT2D eigenvalue weighted by Crippen LogP contribution is 2.39. The summed E-state index contributed by atoms with van der Waals surface area (Å²) in [6.07, 6.45) is 9.47. The molecule has 3 heterocycles. The molecule has 1 saturated heterocycles. The molecule has 2 aromatic rings. The fraction of sp³-hybridized carbons (Fsp3) is 0.647. The summed E-state index contributed by atoms with van der Waals surface area (Å²) in [6.45, 7) is 5.04. The van der Waals surface area contributed by atoms with E-state index in [9.17, 15) is 0 Å². The van der Waals surface area contributed by atoms with Gasteiger partial charge in [0.25, 0.3) is 0 Å². The van der Waals surface area contributed by atoms with Crippen LogP contribution in [0.4, 0.5) is 5.82 Å². The standard InChI is InChI=1S/C17H23N3OS/c1-2-20(10-12-6-5-9-21-12)16-15-13-7-3-4-8-14(13)22-17(15)19-11-18-16/h11-12H,2-10H2,1H3/t12-/m1/s1. The lowest BCUT2D eigenvalue weighted by atomic mass is 9.97. The molecule has 0 N–H and O–H groups in total. The van der Waals surface area contributed by atoms with Crippen molar-refractivity contribution in [3.05, 3.63) is 16.8 Å². The van der Waals surface area contributed by atoms with E-state index in [1.807, 2.05) is 11.3 Å². The highest BCUT2D eigenvalue weighted by molar-refractivity contribution is 7.19. The second-order valence-electron chi connectivity index (χ2n) is 6.26. The van der Waals surface area contributed by atoms with E-state index in [-0.39, 0.29) is 0 Å². The molecule has 1 fully saturated rings. The lowest BCUT2D eigenvalue weighted by Gasteiger charge is -2.26. The lowest BCUT2D eigenvalue weighted by Crippen LogP contribution is -2.32. The third-order valence-corrected chi connectivity index (χ3v) is 6.06. The topological polar surface area (TPSA) is 38.2 Å². The van der Waals surface area contributed by atoms with Crippen molar-refractivity contribution >= 4 is 27.4 Å². The molecule has 1 aliphatic carbocycles. The molecule has 0 radical (unpaired) electrons. The SMILES string of the molecule is CCN(C[C@H]1CCCO1)c1ncnc2sc3c(c12)CCCC3. The molecule has 2 aliphatic rings. The van der Waals surface area contributed by atoms with Crippen LogP contribution in [0.15, 0.2) is 6.33 Å². The van der Waals surface area contributed by atoms with E-state index < -0.39 is 0 Å². The third kappa shape index (κ3) is 2.50. The van der Waals surface area contributed by atoms with Crippen LogP contribution < -0.4 is 4.90 Å². The normalized spacial score (nSPS) is 21.2. The maximum absolute atomic E-state index is 5.83. The van der Waals surface area contributed by atoms with Gasteiger partial charge in [0, 0.05) is 24.6 Å². The minimum Gasteiger partial charge on any atom is -0.376 e. The summed E-state index contributed by atoms with van der Waals surface area (Å²) < 4.78 is 5.83. The molecule has 4 nitrogen and oxygen atoms in total. The Hall–Kier alpha value is -1.20. The third-order valence-electron chi connectivity index (χ3n) is 4.86. The molecule has 118 valence electrons. The van der Waals surface area contributed by atoms with E-state index >= 15 is 0 Å². The minimum atomic E-state index is 0.361. The van der Waals surface area contributed by atoms with Crippen molar-refractivity contribution in [1.82, 2.24) is 9.97 Å². The van der Waals surface area contributed by atoms with Crippen molar-refractivity contribution in [3.63, 3.8) is 0 Å². The van der Waals surface area contributed by atoms with Crippen LogP contribution in [0.1, 0.15) is 43.0 Å². The Morgan fingerprint density at radius 1 is 1.27 bits per heavy atom. The summed E-state index contributed by atoms with van der Waals surface area (Å²) in [7, 11) is 0. The molecule has 4 rings (SSSR count). The van der Waals surface area contributed by atoms with Crippen LogP contribution in [0.2, 0.25) is 0 Å². The van der Waals surface area contributed by atoms with Crippen molar-refractivity contribution < 1.29 is 4.74 Å². The Kier molecular flexibility index (Phi) is 4.01. The summed E-state index contributed by atoms with van der Waals surface area (Å²) in [6, 6.07) is 0. The first-order chi connectivity index (χ1) is 10.9. The van der Waals surface area contributed by atoms with E-state index in [1.165, 1.54) is 59.2 Å². The molecule has 0 bridgehead atoms. The molecule has 0 spiro atoms. The fourth-order valence-electron chi connectivity index (χ4n) is 3.71. The minimum absolute atomic E-state index is 0.361. The number of thiophene rings is 1. The van der Waals surface area contributed by atoms with Crippen molar-refractivity contribution in [3.8, 4) is 0 Å². The number of likely N-dealkylation sites (N-methyl/N-ethyl adjacent to an activating group) is 1. The first-order valence-electron chi connectivity index (χ1n) is 8.48. The Morgan fingerprint density at radius 2 is 2.18 bits per heavy atom. The van der Waals surface area contributed by atoms with Crippen LogP contribution in [-0.4, -0.2) is 35.8 Å². The molecule has 1 atom stereocenters. The zero-order chi connectivity index (χ0) is 14.9. The van der Waals surface area contributed by atoms with Crippen LogP contribution in [0.5, 0.6) is 0 Å². The van der Waals surface area contributed by atoms with Crippen LogP contribution in [-0.2, 0) is 17.6 Å². The predicted octanol–water partition coefficient (Wildman–Crippen LogP) is 3.58. The second kappa shape index (κ2) is 6.13. The lowest BCUT2D eigenvalue weighted by molar-refractivity contribution is 0.115. The maximum atomic E-state index is 5.83. The zero-order valence-corrected chi connectivity index (χ0v) is 14.0. The van der Waals surface area contributed by atoms with Gasteiger partial charge in [-0.15, -0.1) is 11.3 Å². The Labute approximate surface area is 135 Å². The van der Waals surface area contributed by atoms with Crippen LogP contribution in [0.25, 0.3) is 10.2 Å². The quantitative estimate of drug-likeness (QED) is 0.864. The van der Waals surface area contributed by atoms with Crippen LogP contribution in [0.3, 0.4) is 0 Å². The first kappa shape index (κ1) is 14.4. The number of hydrogen-bond donors (Lipinski definition) is 0. The van der Waals surface area contributed by atoms with E-state index in [2.05, 4.69) is 21.8 Å². The molecular weight excluding hydrogens is 294 g/mol. The van der Waals surface area contributed by atoms with Gasteiger partial charge in [-0.2, -0.15) is 0 Å². The summed E-state index contributed by atoms with van der Waals surface area (Å²) in [5.74, 6) is 1.13. The van der Waals surface area contributed by atoms with Crippen LogP contribution in [0, 0.1) is 0 Å². The molecule has 0 saturated carbocycles. The maximum Gasteiger partial charge on any atom is 0.141 e. The molecule has 5 heteroatoms. The Morgan fingerprint density at radius 3 is 3.00 bits per heavy atom. The van der Waals surface area contributed by atoms with Gasteiger partial charge in [-0.25, -0.2) is 9.97 Å². The largest absolute Gasteiger partial charge is 0.376 e. The molecule has 22 heavy (non-hydrogen) atoms. The molecule has 1 aliphatic heterocycles. The van der Waals surface area contributed by atoms with Crippen LogP contribution >= 0.6 is 11.3 Å². The Balaban J connectivity index is 1.74. The smallest absolute Gasteiger partial charge is 0.141 e. The molecule has 0 unspecified atom stereocenters. The van der Waals surface area contributed by atoms with Gasteiger partial charge in [-0.1, -0.05) is 0 Å². The number of fused-ring (bicyclic) bond motifs is 3. The second-order valence-corrected chi connectivity index (χ2v) is 7.35. The Bertz CT molecular complexity index is 663. The van der Waals surface area contributed by atoms with Gasteiger partial charge in [-0.05, 0) is 51.0 Å². The average Bonchev–Trinajstić information content (AvgIpc) is 3.19. The summed E-state index contributed by atoms with van der Waals surface area (Å²) >= 11 is 1.88. The molecule has 2 aromatic heterocycles. The van der Waals surface area contributed by atoms with Crippen molar-refractivity contribution in [2.45, 2.75) is 51.6 Å². The van der Waals surface area contributed by atoms with E-state index in [4.69, 9.17) is 4.74 Å². The number of nitrogens with zero attached hydrogens (tertiary/aromatic N) is 3. The zero-order valence-electron chi connectivity index (χ0n) is 13.2. The average molecular weight is 317 g/mol. The van der Waals surface area contributed by atoms with Gasteiger partial charge in [0.05, 0.1) is 11.5 Å². The van der Waals surface area contributed by atoms with E-state index in [1.54, 1.807) is 6.33 Å². The van der Waals surface area contributed by atoms with Gasteiger partial charge >= 0.3 is 0 Å². The van der Waals surface area contributed by atoms with E-state index in [0.717, 1.165) is 25.5 Å². The van der Waals surface area contributed by atoms with Gasteiger partial charge in [0.15, 0.2) is 0 Å². The number of rotatable bonds is 4. The summed E-state index contributed by atoms with van der Waals surface area (Å²) in [5, 5.41) is 1.32. The van der Waals surface area contributed by atoms with Gasteiger partial charge in [-0.3, -0.25) is 0 Å². The molecule has 0 aromatic carbocycles. The summed E-state index contributed by atoms with van der Waals surface area (Å²) in [4.78, 5) is 14.3. The highest BCUT2D eigenvalue weighted by Gasteiger charge is 2.24. The van der Waals surface area contributed by atoms with Gasteiger partial charge in [0.1, 0.15) is 17.0 Å². The number of aryl methyl sites for hydroxylation is 2. The van der Waals surface area contributed by atoms with Gasteiger partial charge < -0.3 is 9.64 Å². The van der Waals surface area contributed by atoms with Gasteiger partial charge in [0.2, 0.25) is 0 Å². The molecule has 0 amide bonds. The highest BCUT2D eigenvalue weighted by atomic mass is 32.1. The van der Waals surface area contributed by atoms with Crippen molar-refractivity contribution in [2.24, 2.45) is 0 Å². The monoisotopic (exact) mass is 317 g/mol. The van der Waals surface area contributed by atoms with Crippen molar-refractivity contribution in [1.29, 1.82) is 0 Å². The number of aromatic nitrogens is 2. The predicted molar refractivity (Wildman–Crippen MR) is 90.9 cm³/mol. The summed E-state index contributed by atoms with van der Waals surface area (Å²) in [5.41, 5.74) is 1.52. The first-order valence-corrected chi connectivity index (χ1v) is 9.30. The fourth-order valence-corrected chi connectivity index (χ4v) is 4.94. The number of ether oxygens (including phenoxy) is 1. The number of anilines is 1.